The van der Waals surface area contributed by atoms with E-state index in [0.29, 0.717) is 0 Å². The molecule has 1 unspecified atom stereocenters. The van der Waals surface area contributed by atoms with Crippen molar-refractivity contribution in [1.29, 1.82) is 0 Å². The minimum atomic E-state index is -3.95. The van der Waals surface area contributed by atoms with Crippen molar-refractivity contribution in [2.75, 3.05) is 14.2 Å². The molecule has 0 aliphatic carbocycles. The zero-order valence-electron chi connectivity index (χ0n) is 12.2. The van der Waals surface area contributed by atoms with Crippen LogP contribution in [0.5, 0.6) is 11.5 Å². The van der Waals surface area contributed by atoms with Crippen LogP contribution >= 0.6 is 0 Å². The van der Waals surface area contributed by atoms with Gasteiger partial charge in [0.25, 0.3) is 0 Å². The smallest absolute Gasteiger partial charge is 0.243 e. The lowest BCUT2D eigenvalue weighted by Crippen LogP contribution is -2.36. The van der Waals surface area contributed by atoms with Crippen LogP contribution in [-0.2, 0) is 10.0 Å². The standard InChI is InChI=1S/C13H20FNO4S/c1-8(2)9(3)15-20(16,17)13-7-12(19-5)11(18-4)6-10(13)14/h6-9,15H,1-5H3. The molecule has 1 aromatic rings. The van der Waals surface area contributed by atoms with E-state index in [9.17, 15) is 12.8 Å². The Kier molecular flexibility index (Phi) is 5.35. The number of benzene rings is 1. The van der Waals surface area contributed by atoms with Gasteiger partial charge in [-0.25, -0.2) is 17.5 Å². The molecule has 1 rings (SSSR count). The van der Waals surface area contributed by atoms with E-state index in [1.54, 1.807) is 6.92 Å². The molecule has 5 nitrogen and oxygen atoms in total. The first-order valence-corrected chi connectivity index (χ1v) is 7.65. The predicted octanol–water partition coefficient (Wildman–Crippen LogP) is 2.17. The monoisotopic (exact) mass is 305 g/mol. The molecule has 0 bridgehead atoms. The maximum Gasteiger partial charge on any atom is 0.243 e. The summed E-state index contributed by atoms with van der Waals surface area (Å²) in [5.41, 5.74) is 0. The molecule has 0 saturated heterocycles. The Morgan fingerprint density at radius 1 is 1.10 bits per heavy atom. The van der Waals surface area contributed by atoms with Crippen molar-refractivity contribution in [1.82, 2.24) is 4.72 Å². The molecule has 114 valence electrons. The van der Waals surface area contributed by atoms with Gasteiger partial charge in [0.05, 0.1) is 14.2 Å². The van der Waals surface area contributed by atoms with E-state index in [2.05, 4.69) is 4.72 Å². The predicted molar refractivity (Wildman–Crippen MR) is 74.1 cm³/mol. The topological polar surface area (TPSA) is 64.6 Å². The fourth-order valence-electron chi connectivity index (χ4n) is 1.49. The molecular formula is C13H20FNO4S. The summed E-state index contributed by atoms with van der Waals surface area (Å²) in [6.07, 6.45) is 0. The normalized spacial score (nSPS) is 13.3. The summed E-state index contributed by atoms with van der Waals surface area (Å²) >= 11 is 0. The molecule has 0 amide bonds. The molecule has 1 atom stereocenters. The van der Waals surface area contributed by atoms with Gasteiger partial charge >= 0.3 is 0 Å². The molecule has 20 heavy (non-hydrogen) atoms. The van der Waals surface area contributed by atoms with Crippen LogP contribution in [0.25, 0.3) is 0 Å². The number of hydrogen-bond acceptors (Lipinski definition) is 4. The number of nitrogens with one attached hydrogen (secondary N) is 1. The van der Waals surface area contributed by atoms with Gasteiger partial charge in [0, 0.05) is 18.2 Å². The lowest BCUT2D eigenvalue weighted by molar-refractivity contribution is 0.350. The molecule has 0 spiro atoms. The Balaban J connectivity index is 3.25. The van der Waals surface area contributed by atoms with E-state index in [1.165, 1.54) is 14.2 Å². The molecule has 0 aliphatic heterocycles. The lowest BCUT2D eigenvalue weighted by atomic mass is 10.1. The first-order valence-electron chi connectivity index (χ1n) is 6.16. The van der Waals surface area contributed by atoms with Gasteiger partial charge in [-0.15, -0.1) is 0 Å². The Morgan fingerprint density at radius 2 is 1.60 bits per heavy atom. The zero-order chi connectivity index (χ0) is 15.5. The van der Waals surface area contributed by atoms with Gasteiger partial charge < -0.3 is 9.47 Å². The van der Waals surface area contributed by atoms with Gasteiger partial charge in [0.1, 0.15) is 10.7 Å². The van der Waals surface area contributed by atoms with E-state index >= 15 is 0 Å². The third kappa shape index (κ3) is 3.61. The van der Waals surface area contributed by atoms with Gasteiger partial charge in [0.15, 0.2) is 11.5 Å². The van der Waals surface area contributed by atoms with Gasteiger partial charge in [0.2, 0.25) is 10.0 Å². The Bertz CT molecular complexity index is 572. The second-order valence-electron chi connectivity index (χ2n) is 4.79. The van der Waals surface area contributed by atoms with Crippen LogP contribution in [-0.4, -0.2) is 28.7 Å². The molecule has 7 heteroatoms. The fourth-order valence-corrected chi connectivity index (χ4v) is 2.95. The van der Waals surface area contributed by atoms with Gasteiger partial charge in [-0.3, -0.25) is 0 Å². The molecule has 0 aromatic heterocycles. The quantitative estimate of drug-likeness (QED) is 0.875. The van der Waals surface area contributed by atoms with Crippen molar-refractivity contribution < 1.29 is 22.3 Å². The molecule has 0 fully saturated rings. The van der Waals surface area contributed by atoms with E-state index in [1.807, 2.05) is 13.8 Å². The van der Waals surface area contributed by atoms with Crippen molar-refractivity contribution in [2.45, 2.75) is 31.7 Å². The van der Waals surface area contributed by atoms with E-state index in [4.69, 9.17) is 9.47 Å². The average molecular weight is 305 g/mol. The second kappa shape index (κ2) is 6.41. The summed E-state index contributed by atoms with van der Waals surface area (Å²) in [6, 6.07) is 1.80. The van der Waals surface area contributed by atoms with E-state index in [0.717, 1.165) is 12.1 Å². The highest BCUT2D eigenvalue weighted by Crippen LogP contribution is 2.31. The third-order valence-corrected chi connectivity index (χ3v) is 4.64. The Hall–Kier alpha value is -1.34. The first kappa shape index (κ1) is 16.7. The van der Waals surface area contributed by atoms with Crippen LogP contribution in [0.15, 0.2) is 17.0 Å². The van der Waals surface area contributed by atoms with E-state index < -0.39 is 20.7 Å². The minimum Gasteiger partial charge on any atom is -0.493 e. The minimum absolute atomic E-state index is 0.0907. The van der Waals surface area contributed by atoms with Gasteiger partial charge in [-0.2, -0.15) is 0 Å². The van der Waals surface area contributed by atoms with Crippen LogP contribution in [0.1, 0.15) is 20.8 Å². The average Bonchev–Trinajstić information content (AvgIpc) is 2.37. The van der Waals surface area contributed by atoms with Crippen LogP contribution < -0.4 is 14.2 Å². The number of hydrogen-bond donors (Lipinski definition) is 1. The molecular weight excluding hydrogens is 285 g/mol. The first-order chi connectivity index (χ1) is 9.22. The number of sulfonamides is 1. The molecule has 0 radical (unpaired) electrons. The fraction of sp³-hybridized carbons (Fsp3) is 0.538. The molecule has 0 aliphatic rings. The summed E-state index contributed by atoms with van der Waals surface area (Å²) in [5.74, 6) is -0.494. The highest BCUT2D eigenvalue weighted by atomic mass is 32.2. The molecule has 1 N–H and O–H groups in total. The largest absolute Gasteiger partial charge is 0.493 e. The van der Waals surface area contributed by atoms with Crippen LogP contribution in [0.3, 0.4) is 0 Å². The Labute approximate surface area is 119 Å². The van der Waals surface area contributed by atoms with Crippen LogP contribution in [0, 0.1) is 11.7 Å². The maximum atomic E-state index is 13.9. The van der Waals surface area contributed by atoms with Crippen molar-refractivity contribution >= 4 is 10.0 Å². The van der Waals surface area contributed by atoms with E-state index in [-0.39, 0.29) is 23.5 Å². The molecule has 0 saturated carbocycles. The van der Waals surface area contributed by atoms with Crippen molar-refractivity contribution in [2.24, 2.45) is 5.92 Å². The van der Waals surface area contributed by atoms with Crippen molar-refractivity contribution in [3.63, 3.8) is 0 Å². The number of rotatable bonds is 6. The summed E-state index contributed by atoms with van der Waals surface area (Å²) in [5, 5.41) is 0. The highest BCUT2D eigenvalue weighted by molar-refractivity contribution is 7.89. The number of methoxy groups -OCH3 is 2. The molecule has 1 aromatic carbocycles. The molecule has 0 heterocycles. The second-order valence-corrected chi connectivity index (χ2v) is 6.47. The summed E-state index contributed by atoms with van der Waals surface area (Å²) in [7, 11) is -1.24. The highest BCUT2D eigenvalue weighted by Gasteiger charge is 2.25. The maximum absolute atomic E-state index is 13.9. The summed E-state index contributed by atoms with van der Waals surface area (Å²) < 4.78 is 50.7. The third-order valence-electron chi connectivity index (χ3n) is 3.07. The van der Waals surface area contributed by atoms with Crippen LogP contribution in [0.2, 0.25) is 0 Å². The SMILES string of the molecule is COc1cc(F)c(S(=O)(=O)NC(C)C(C)C)cc1OC. The van der Waals surface area contributed by atoms with Gasteiger partial charge in [-0.1, -0.05) is 13.8 Å². The zero-order valence-corrected chi connectivity index (χ0v) is 13.0. The Morgan fingerprint density at radius 3 is 2.05 bits per heavy atom. The number of ether oxygens (including phenoxy) is 2. The number of halogens is 1. The van der Waals surface area contributed by atoms with Crippen molar-refractivity contribution in [3.8, 4) is 11.5 Å². The summed E-state index contributed by atoms with van der Waals surface area (Å²) in [4.78, 5) is -0.456. The summed E-state index contributed by atoms with van der Waals surface area (Å²) in [6.45, 7) is 5.47. The van der Waals surface area contributed by atoms with Gasteiger partial charge in [-0.05, 0) is 12.8 Å². The van der Waals surface area contributed by atoms with Crippen molar-refractivity contribution in [3.05, 3.63) is 17.9 Å². The lowest BCUT2D eigenvalue weighted by Gasteiger charge is -2.18. The van der Waals surface area contributed by atoms with Crippen LogP contribution in [0.4, 0.5) is 4.39 Å².